The van der Waals surface area contributed by atoms with Gasteiger partial charge in [0.15, 0.2) is 0 Å². The fraction of sp³-hybridized carbons (Fsp3) is 0.455. The number of carbonyl (C=O) groups excluding carboxylic acids is 1. The topological polar surface area (TPSA) is 54.0 Å². The first-order chi connectivity index (χ1) is 7.22. The molecule has 0 aliphatic rings. The van der Waals surface area contributed by atoms with Gasteiger partial charge in [0.05, 0.1) is 18.4 Å². The molecule has 1 aromatic rings. The van der Waals surface area contributed by atoms with Crippen LogP contribution in [0.3, 0.4) is 0 Å². The Bertz CT molecular complexity index is 300. The van der Waals surface area contributed by atoms with E-state index in [4.69, 9.17) is 0 Å². The predicted molar refractivity (Wildman–Crippen MR) is 60.6 cm³/mol. The summed E-state index contributed by atoms with van der Waals surface area (Å²) in [4.78, 5) is 15.3. The molecule has 82 valence electrons. The smallest absolute Gasteiger partial charge is 0.238 e. The molecule has 0 spiro atoms. The number of nitrogens with zero attached hydrogens (tertiary/aromatic N) is 1. The van der Waals surface area contributed by atoms with Crippen LogP contribution in [-0.4, -0.2) is 23.5 Å². The predicted octanol–water partition coefficient (Wildman–Crippen LogP) is 1.41. The van der Waals surface area contributed by atoms with Crippen LogP contribution < -0.4 is 10.6 Å². The van der Waals surface area contributed by atoms with Crippen LogP contribution in [0.5, 0.6) is 0 Å². The molecule has 0 aliphatic heterocycles. The van der Waals surface area contributed by atoms with Crippen LogP contribution in [0.2, 0.25) is 0 Å². The summed E-state index contributed by atoms with van der Waals surface area (Å²) in [6.45, 7) is 4.47. The van der Waals surface area contributed by atoms with Crippen LogP contribution in [0.1, 0.15) is 20.3 Å². The van der Waals surface area contributed by atoms with Crippen LogP contribution in [0.15, 0.2) is 24.5 Å². The van der Waals surface area contributed by atoms with E-state index in [1.165, 1.54) is 0 Å². The van der Waals surface area contributed by atoms with Crippen molar-refractivity contribution in [3.05, 3.63) is 24.5 Å². The van der Waals surface area contributed by atoms with Crippen molar-refractivity contribution in [2.75, 3.05) is 11.9 Å². The van der Waals surface area contributed by atoms with E-state index in [-0.39, 0.29) is 5.91 Å². The molecule has 0 bridgehead atoms. The van der Waals surface area contributed by atoms with Gasteiger partial charge in [0.2, 0.25) is 5.91 Å². The molecular weight excluding hydrogens is 190 g/mol. The van der Waals surface area contributed by atoms with Crippen molar-refractivity contribution in [3.63, 3.8) is 0 Å². The Labute approximate surface area is 90.1 Å². The zero-order valence-corrected chi connectivity index (χ0v) is 9.16. The van der Waals surface area contributed by atoms with Gasteiger partial charge in [-0.1, -0.05) is 6.92 Å². The van der Waals surface area contributed by atoms with Crippen molar-refractivity contribution in [2.45, 2.75) is 26.3 Å². The van der Waals surface area contributed by atoms with E-state index < -0.39 is 0 Å². The molecule has 1 rings (SSSR count). The molecular formula is C11H17N3O. The van der Waals surface area contributed by atoms with Crippen molar-refractivity contribution in [2.24, 2.45) is 0 Å². The van der Waals surface area contributed by atoms with E-state index in [2.05, 4.69) is 29.5 Å². The van der Waals surface area contributed by atoms with Gasteiger partial charge in [-0.3, -0.25) is 9.78 Å². The average Bonchev–Trinajstić information content (AvgIpc) is 2.27. The summed E-state index contributed by atoms with van der Waals surface area (Å²) in [6.07, 6.45) is 4.31. The summed E-state index contributed by atoms with van der Waals surface area (Å²) >= 11 is 0. The van der Waals surface area contributed by atoms with Gasteiger partial charge in [0, 0.05) is 12.2 Å². The molecule has 0 aromatic carbocycles. The van der Waals surface area contributed by atoms with Crippen LogP contribution in [0.25, 0.3) is 0 Å². The van der Waals surface area contributed by atoms with Crippen molar-refractivity contribution in [1.29, 1.82) is 0 Å². The third-order valence-corrected chi connectivity index (χ3v) is 2.17. The number of nitrogens with one attached hydrogen (secondary N) is 2. The Balaban J connectivity index is 2.31. The Morgan fingerprint density at radius 2 is 2.40 bits per heavy atom. The van der Waals surface area contributed by atoms with Crippen LogP contribution in [-0.2, 0) is 4.79 Å². The lowest BCUT2D eigenvalue weighted by atomic mass is 10.2. The first-order valence-electron chi connectivity index (χ1n) is 5.15. The summed E-state index contributed by atoms with van der Waals surface area (Å²) in [7, 11) is 0. The highest BCUT2D eigenvalue weighted by Gasteiger charge is 2.03. The van der Waals surface area contributed by atoms with Crippen molar-refractivity contribution in [3.8, 4) is 0 Å². The lowest BCUT2D eigenvalue weighted by Crippen LogP contribution is -2.33. The molecule has 1 amide bonds. The second kappa shape index (κ2) is 6.14. The largest absolute Gasteiger partial charge is 0.324 e. The number of aromatic nitrogens is 1. The first-order valence-corrected chi connectivity index (χ1v) is 5.15. The summed E-state index contributed by atoms with van der Waals surface area (Å²) in [6, 6.07) is 3.97. The van der Waals surface area contributed by atoms with Crippen LogP contribution in [0.4, 0.5) is 5.69 Å². The summed E-state index contributed by atoms with van der Waals surface area (Å²) in [5, 5.41) is 5.88. The van der Waals surface area contributed by atoms with E-state index >= 15 is 0 Å². The molecule has 0 saturated heterocycles. The van der Waals surface area contributed by atoms with E-state index in [1.807, 2.05) is 6.07 Å². The molecule has 0 fully saturated rings. The van der Waals surface area contributed by atoms with E-state index in [0.717, 1.165) is 12.1 Å². The van der Waals surface area contributed by atoms with Gasteiger partial charge in [0.25, 0.3) is 0 Å². The minimum Gasteiger partial charge on any atom is -0.324 e. The van der Waals surface area contributed by atoms with Crippen LogP contribution >= 0.6 is 0 Å². The summed E-state index contributed by atoms with van der Waals surface area (Å²) in [5.74, 6) is -0.0386. The fourth-order valence-corrected chi connectivity index (χ4v) is 1.05. The highest BCUT2D eigenvalue weighted by molar-refractivity contribution is 5.92. The van der Waals surface area contributed by atoms with Gasteiger partial charge < -0.3 is 10.6 Å². The molecule has 1 unspecified atom stereocenters. The average molecular weight is 207 g/mol. The molecule has 4 nitrogen and oxygen atoms in total. The molecule has 15 heavy (non-hydrogen) atoms. The standard InChI is InChI=1S/C11H17N3O/c1-3-9(2)13-8-11(15)14-10-5-4-6-12-7-10/h4-7,9,13H,3,8H2,1-2H3,(H,14,15). The van der Waals surface area contributed by atoms with Crippen molar-refractivity contribution in [1.82, 2.24) is 10.3 Å². The SMILES string of the molecule is CCC(C)NCC(=O)Nc1cccnc1. The van der Waals surface area contributed by atoms with E-state index in [9.17, 15) is 4.79 Å². The molecule has 2 N–H and O–H groups in total. The Morgan fingerprint density at radius 3 is 3.00 bits per heavy atom. The Morgan fingerprint density at radius 1 is 1.60 bits per heavy atom. The number of amides is 1. The molecule has 1 aromatic heterocycles. The Hall–Kier alpha value is -1.42. The number of rotatable bonds is 5. The molecule has 4 heteroatoms. The van der Waals surface area contributed by atoms with E-state index in [0.29, 0.717) is 12.6 Å². The second-order valence-electron chi connectivity index (χ2n) is 3.48. The van der Waals surface area contributed by atoms with Gasteiger partial charge in [0.1, 0.15) is 0 Å². The number of pyridine rings is 1. The zero-order chi connectivity index (χ0) is 11.1. The maximum atomic E-state index is 11.4. The van der Waals surface area contributed by atoms with Gasteiger partial charge in [-0.05, 0) is 25.5 Å². The van der Waals surface area contributed by atoms with Crippen molar-refractivity contribution >= 4 is 11.6 Å². The van der Waals surface area contributed by atoms with E-state index in [1.54, 1.807) is 18.5 Å². The maximum absolute atomic E-state index is 11.4. The second-order valence-corrected chi connectivity index (χ2v) is 3.48. The summed E-state index contributed by atoms with van der Waals surface area (Å²) in [5.41, 5.74) is 0.730. The number of anilines is 1. The highest BCUT2D eigenvalue weighted by atomic mass is 16.1. The monoisotopic (exact) mass is 207 g/mol. The third kappa shape index (κ3) is 4.56. The third-order valence-electron chi connectivity index (χ3n) is 2.17. The lowest BCUT2D eigenvalue weighted by molar-refractivity contribution is -0.115. The van der Waals surface area contributed by atoms with Gasteiger partial charge in [-0.2, -0.15) is 0 Å². The Kier molecular flexibility index (Phi) is 4.77. The highest BCUT2D eigenvalue weighted by Crippen LogP contribution is 2.01. The zero-order valence-electron chi connectivity index (χ0n) is 9.16. The number of carbonyl (C=O) groups is 1. The van der Waals surface area contributed by atoms with Gasteiger partial charge >= 0.3 is 0 Å². The minimum absolute atomic E-state index is 0.0386. The molecule has 0 aliphatic carbocycles. The normalized spacial score (nSPS) is 12.1. The lowest BCUT2D eigenvalue weighted by Gasteiger charge is -2.10. The minimum atomic E-state index is -0.0386. The molecule has 1 atom stereocenters. The van der Waals surface area contributed by atoms with Crippen LogP contribution in [0, 0.1) is 0 Å². The summed E-state index contributed by atoms with van der Waals surface area (Å²) < 4.78 is 0. The first kappa shape index (κ1) is 11.7. The molecule has 0 saturated carbocycles. The maximum Gasteiger partial charge on any atom is 0.238 e. The number of hydrogen-bond donors (Lipinski definition) is 2. The molecule has 1 heterocycles. The quantitative estimate of drug-likeness (QED) is 0.767. The number of hydrogen-bond acceptors (Lipinski definition) is 3. The van der Waals surface area contributed by atoms with Gasteiger partial charge in [-0.15, -0.1) is 0 Å². The fourth-order valence-electron chi connectivity index (χ4n) is 1.05. The van der Waals surface area contributed by atoms with Crippen molar-refractivity contribution < 1.29 is 4.79 Å². The van der Waals surface area contributed by atoms with Gasteiger partial charge in [-0.25, -0.2) is 0 Å². The molecule has 0 radical (unpaired) electrons.